The molecule has 3 rings (SSSR count). The number of ether oxygens (including phenoxy) is 1. The SMILES string of the molecule is C=CC(=O)N1CCO[C@H](c2cc(Cl)nc(-c3ccnc(C(=O)NC)c3)c2)C1. The summed E-state index contributed by atoms with van der Waals surface area (Å²) in [5.41, 5.74) is 2.41. The number of aromatic nitrogens is 2. The van der Waals surface area contributed by atoms with Crippen LogP contribution in [0.1, 0.15) is 22.2 Å². The summed E-state index contributed by atoms with van der Waals surface area (Å²) in [4.78, 5) is 33.8. The fraction of sp³-hybridized carbons (Fsp3) is 0.263. The summed E-state index contributed by atoms with van der Waals surface area (Å²) >= 11 is 6.22. The van der Waals surface area contributed by atoms with E-state index in [1.165, 1.54) is 6.08 Å². The van der Waals surface area contributed by atoms with E-state index in [9.17, 15) is 9.59 Å². The second-order valence-corrected chi connectivity index (χ2v) is 6.35. The Morgan fingerprint density at radius 3 is 2.96 bits per heavy atom. The van der Waals surface area contributed by atoms with Gasteiger partial charge in [0.25, 0.3) is 5.91 Å². The molecule has 1 fully saturated rings. The Bertz CT molecular complexity index is 887. The van der Waals surface area contributed by atoms with Crippen molar-refractivity contribution in [1.82, 2.24) is 20.2 Å². The second kappa shape index (κ2) is 8.28. The molecule has 8 heteroatoms. The molecule has 1 saturated heterocycles. The third kappa shape index (κ3) is 4.32. The van der Waals surface area contributed by atoms with Gasteiger partial charge in [0, 0.05) is 25.4 Å². The summed E-state index contributed by atoms with van der Waals surface area (Å²) in [6.45, 7) is 4.88. The van der Waals surface area contributed by atoms with Gasteiger partial charge in [0.1, 0.15) is 17.0 Å². The molecule has 0 radical (unpaired) electrons. The average Bonchev–Trinajstić information content (AvgIpc) is 2.72. The number of amides is 2. The smallest absolute Gasteiger partial charge is 0.269 e. The third-order valence-electron chi connectivity index (χ3n) is 4.26. The van der Waals surface area contributed by atoms with E-state index < -0.39 is 0 Å². The molecule has 2 aromatic rings. The Balaban J connectivity index is 1.92. The molecule has 1 aliphatic heterocycles. The van der Waals surface area contributed by atoms with Crippen molar-refractivity contribution >= 4 is 23.4 Å². The number of morpholine rings is 1. The summed E-state index contributed by atoms with van der Waals surface area (Å²) in [5.74, 6) is -0.415. The lowest BCUT2D eigenvalue weighted by Crippen LogP contribution is -2.41. The van der Waals surface area contributed by atoms with Crippen molar-refractivity contribution in [3.05, 3.63) is 59.5 Å². The van der Waals surface area contributed by atoms with Crippen LogP contribution >= 0.6 is 11.6 Å². The summed E-state index contributed by atoms with van der Waals surface area (Å²) < 4.78 is 5.82. The standard InChI is InChI=1S/C19H19ClN4O3/c1-3-18(25)24-6-7-27-16(11-24)13-9-14(23-17(20)10-13)12-4-5-22-15(8-12)19(26)21-2/h3-5,8-10,16H,1,6-7,11H2,2H3,(H,21,26)/t16-/m0/s1. The first-order valence-electron chi connectivity index (χ1n) is 8.40. The monoisotopic (exact) mass is 386 g/mol. The number of nitrogens with one attached hydrogen (secondary N) is 1. The molecule has 0 spiro atoms. The predicted molar refractivity (Wildman–Crippen MR) is 101 cm³/mol. The van der Waals surface area contributed by atoms with Crippen LogP contribution in [0.25, 0.3) is 11.3 Å². The van der Waals surface area contributed by atoms with E-state index in [1.54, 1.807) is 36.3 Å². The van der Waals surface area contributed by atoms with Gasteiger partial charge in [0.15, 0.2) is 0 Å². The molecule has 2 aromatic heterocycles. The topological polar surface area (TPSA) is 84.4 Å². The second-order valence-electron chi connectivity index (χ2n) is 5.97. The van der Waals surface area contributed by atoms with Crippen LogP contribution in [0.2, 0.25) is 5.15 Å². The number of carbonyl (C=O) groups excluding carboxylic acids is 2. The highest BCUT2D eigenvalue weighted by molar-refractivity contribution is 6.29. The molecule has 7 nitrogen and oxygen atoms in total. The highest BCUT2D eigenvalue weighted by atomic mass is 35.5. The minimum atomic E-state index is -0.317. The number of nitrogens with zero attached hydrogens (tertiary/aromatic N) is 3. The van der Waals surface area contributed by atoms with Gasteiger partial charge in [-0.15, -0.1) is 0 Å². The summed E-state index contributed by atoms with van der Waals surface area (Å²) in [5, 5.41) is 2.84. The lowest BCUT2D eigenvalue weighted by Gasteiger charge is -2.32. The molecule has 1 atom stereocenters. The lowest BCUT2D eigenvalue weighted by molar-refractivity contribution is -0.133. The lowest BCUT2D eigenvalue weighted by atomic mass is 10.0. The van der Waals surface area contributed by atoms with Crippen LogP contribution in [0.4, 0.5) is 0 Å². The first-order chi connectivity index (χ1) is 13.0. The quantitative estimate of drug-likeness (QED) is 0.643. The van der Waals surface area contributed by atoms with E-state index in [4.69, 9.17) is 16.3 Å². The zero-order valence-corrected chi connectivity index (χ0v) is 15.6. The van der Waals surface area contributed by atoms with E-state index in [0.29, 0.717) is 36.1 Å². The Morgan fingerprint density at radius 1 is 1.41 bits per heavy atom. The zero-order chi connectivity index (χ0) is 19.4. The summed E-state index contributed by atoms with van der Waals surface area (Å²) in [6, 6.07) is 6.97. The van der Waals surface area contributed by atoms with E-state index in [-0.39, 0.29) is 23.6 Å². The van der Waals surface area contributed by atoms with Gasteiger partial charge in [0.2, 0.25) is 5.91 Å². The summed E-state index contributed by atoms with van der Waals surface area (Å²) in [7, 11) is 1.54. The minimum absolute atomic E-state index is 0.131. The predicted octanol–water partition coefficient (Wildman–Crippen LogP) is 2.24. The van der Waals surface area contributed by atoms with Crippen LogP contribution in [0.3, 0.4) is 0 Å². The normalized spacial score (nSPS) is 16.7. The van der Waals surface area contributed by atoms with Crippen LogP contribution in [-0.2, 0) is 9.53 Å². The van der Waals surface area contributed by atoms with E-state index >= 15 is 0 Å². The van der Waals surface area contributed by atoms with Gasteiger partial charge in [-0.05, 0) is 35.9 Å². The van der Waals surface area contributed by atoms with Crippen molar-refractivity contribution in [3.63, 3.8) is 0 Å². The molecular weight excluding hydrogens is 368 g/mol. The van der Waals surface area contributed by atoms with Crippen molar-refractivity contribution in [2.24, 2.45) is 0 Å². The van der Waals surface area contributed by atoms with Crippen molar-refractivity contribution < 1.29 is 14.3 Å². The molecule has 140 valence electrons. The maximum atomic E-state index is 11.9. The van der Waals surface area contributed by atoms with Gasteiger partial charge in [-0.3, -0.25) is 14.6 Å². The minimum Gasteiger partial charge on any atom is -0.370 e. The van der Waals surface area contributed by atoms with Crippen molar-refractivity contribution in [3.8, 4) is 11.3 Å². The van der Waals surface area contributed by atoms with E-state index in [0.717, 1.165) is 5.56 Å². The maximum absolute atomic E-state index is 11.9. The zero-order valence-electron chi connectivity index (χ0n) is 14.8. The van der Waals surface area contributed by atoms with Gasteiger partial charge in [-0.2, -0.15) is 0 Å². The van der Waals surface area contributed by atoms with Crippen LogP contribution in [0.15, 0.2) is 43.1 Å². The molecule has 27 heavy (non-hydrogen) atoms. The van der Waals surface area contributed by atoms with E-state index in [2.05, 4.69) is 21.9 Å². The Kier molecular flexibility index (Phi) is 5.83. The number of halogens is 1. The van der Waals surface area contributed by atoms with Crippen LogP contribution in [0.5, 0.6) is 0 Å². The number of pyridine rings is 2. The molecule has 1 aliphatic rings. The van der Waals surface area contributed by atoms with E-state index in [1.807, 2.05) is 6.07 Å². The van der Waals surface area contributed by atoms with Crippen molar-refractivity contribution in [2.75, 3.05) is 26.7 Å². The fourth-order valence-corrected chi connectivity index (χ4v) is 3.09. The van der Waals surface area contributed by atoms with Gasteiger partial charge >= 0.3 is 0 Å². The largest absolute Gasteiger partial charge is 0.370 e. The van der Waals surface area contributed by atoms with Crippen LogP contribution < -0.4 is 5.32 Å². The highest BCUT2D eigenvalue weighted by Gasteiger charge is 2.25. The van der Waals surface area contributed by atoms with Gasteiger partial charge in [-0.25, -0.2) is 4.98 Å². The number of carbonyl (C=O) groups is 2. The van der Waals surface area contributed by atoms with Gasteiger partial charge in [0.05, 0.1) is 18.8 Å². The molecule has 0 bridgehead atoms. The molecular formula is C19H19ClN4O3. The Morgan fingerprint density at radius 2 is 2.22 bits per heavy atom. The maximum Gasteiger partial charge on any atom is 0.269 e. The molecule has 3 heterocycles. The molecule has 0 aliphatic carbocycles. The first-order valence-corrected chi connectivity index (χ1v) is 8.78. The van der Waals surface area contributed by atoms with Crippen LogP contribution in [-0.4, -0.2) is 53.4 Å². The molecule has 0 saturated carbocycles. The fourth-order valence-electron chi connectivity index (χ4n) is 2.87. The molecule has 1 N–H and O–H groups in total. The van der Waals surface area contributed by atoms with Crippen LogP contribution in [0, 0.1) is 0 Å². The van der Waals surface area contributed by atoms with Gasteiger partial charge in [-0.1, -0.05) is 18.2 Å². The number of hydrogen-bond donors (Lipinski definition) is 1. The number of rotatable bonds is 4. The van der Waals surface area contributed by atoms with Crippen molar-refractivity contribution in [2.45, 2.75) is 6.10 Å². The third-order valence-corrected chi connectivity index (χ3v) is 4.45. The molecule has 2 amide bonds. The highest BCUT2D eigenvalue weighted by Crippen LogP contribution is 2.28. The Labute approximate surface area is 162 Å². The summed E-state index contributed by atoms with van der Waals surface area (Å²) in [6.07, 6.45) is 2.52. The molecule has 0 aromatic carbocycles. The van der Waals surface area contributed by atoms with Gasteiger partial charge < -0.3 is 15.0 Å². The Hall–Kier alpha value is -2.77. The molecule has 0 unspecified atom stereocenters. The average molecular weight is 387 g/mol. The number of hydrogen-bond acceptors (Lipinski definition) is 5. The first kappa shape index (κ1) is 19.0. The van der Waals surface area contributed by atoms with Crippen molar-refractivity contribution in [1.29, 1.82) is 0 Å².